The number of nitrogens with zero attached hydrogens (tertiary/aromatic N) is 2. The largest absolute Gasteiger partial charge is 0.394 e. The van der Waals surface area contributed by atoms with Gasteiger partial charge in [0, 0.05) is 7.05 Å². The number of aryl methyl sites for hydroxylation is 1. The molecular formula is C17H23N3O2. The highest BCUT2D eigenvalue weighted by molar-refractivity contribution is 5.92. The van der Waals surface area contributed by atoms with Gasteiger partial charge in [0.2, 0.25) is 0 Å². The Morgan fingerprint density at radius 1 is 1.32 bits per heavy atom. The highest BCUT2D eigenvalue weighted by Gasteiger charge is 2.18. The van der Waals surface area contributed by atoms with E-state index in [0.29, 0.717) is 12.1 Å². The monoisotopic (exact) mass is 301 g/mol. The molecule has 0 saturated heterocycles. The number of aliphatic hydroxyl groups excluding tert-OH is 1. The van der Waals surface area contributed by atoms with Gasteiger partial charge in [-0.3, -0.25) is 9.48 Å². The fourth-order valence-electron chi connectivity index (χ4n) is 2.30. The fourth-order valence-corrected chi connectivity index (χ4v) is 2.30. The highest BCUT2D eigenvalue weighted by atomic mass is 16.3. The first-order valence-electron chi connectivity index (χ1n) is 7.50. The van der Waals surface area contributed by atoms with Crippen LogP contribution in [-0.4, -0.2) is 33.4 Å². The van der Waals surface area contributed by atoms with E-state index in [4.69, 9.17) is 0 Å². The van der Waals surface area contributed by atoms with E-state index in [-0.39, 0.29) is 24.5 Å². The van der Waals surface area contributed by atoms with E-state index in [1.807, 2.05) is 44.2 Å². The fraction of sp³-hybridized carbons (Fsp3) is 0.412. The van der Waals surface area contributed by atoms with Crippen molar-refractivity contribution in [3.8, 4) is 0 Å². The maximum atomic E-state index is 12.4. The average molecular weight is 301 g/mol. The van der Waals surface area contributed by atoms with Gasteiger partial charge in [0.15, 0.2) is 0 Å². The van der Waals surface area contributed by atoms with Gasteiger partial charge in [0.1, 0.15) is 5.69 Å². The van der Waals surface area contributed by atoms with Crippen molar-refractivity contribution in [1.29, 1.82) is 0 Å². The van der Waals surface area contributed by atoms with Gasteiger partial charge in [-0.2, -0.15) is 5.10 Å². The molecule has 118 valence electrons. The minimum Gasteiger partial charge on any atom is -0.394 e. The van der Waals surface area contributed by atoms with E-state index in [1.54, 1.807) is 17.8 Å². The van der Waals surface area contributed by atoms with Gasteiger partial charge in [0.05, 0.1) is 18.3 Å². The van der Waals surface area contributed by atoms with Crippen LogP contribution in [0.1, 0.15) is 41.5 Å². The molecule has 1 aromatic heterocycles. The highest BCUT2D eigenvalue weighted by Crippen LogP contribution is 2.14. The summed E-state index contributed by atoms with van der Waals surface area (Å²) in [5.41, 5.74) is 2.47. The van der Waals surface area contributed by atoms with Crippen LogP contribution < -0.4 is 5.32 Å². The molecule has 1 aromatic carbocycles. The van der Waals surface area contributed by atoms with Crippen molar-refractivity contribution in [1.82, 2.24) is 15.1 Å². The molecule has 0 aliphatic carbocycles. The normalized spacial score (nSPS) is 12.4. The first kappa shape index (κ1) is 16.2. The summed E-state index contributed by atoms with van der Waals surface area (Å²) < 4.78 is 1.58. The smallest absolute Gasteiger partial charge is 0.269 e. The second kappa shape index (κ2) is 7.22. The van der Waals surface area contributed by atoms with Crippen LogP contribution in [0.15, 0.2) is 36.4 Å². The SMILES string of the molecule is CC(C)c1cc(C(=O)N[C@@H](CO)Cc2ccccc2)n(C)n1. The summed E-state index contributed by atoms with van der Waals surface area (Å²) in [4.78, 5) is 12.4. The van der Waals surface area contributed by atoms with Crippen LogP contribution in [0.25, 0.3) is 0 Å². The lowest BCUT2D eigenvalue weighted by Gasteiger charge is -2.16. The third-order valence-corrected chi connectivity index (χ3v) is 3.60. The molecule has 0 radical (unpaired) electrons. The number of amides is 1. The molecule has 0 aliphatic heterocycles. The molecule has 0 saturated carbocycles. The van der Waals surface area contributed by atoms with Gasteiger partial charge in [-0.1, -0.05) is 44.2 Å². The van der Waals surface area contributed by atoms with Crippen LogP contribution in [-0.2, 0) is 13.5 Å². The van der Waals surface area contributed by atoms with E-state index < -0.39 is 0 Å². The number of aliphatic hydroxyl groups is 1. The van der Waals surface area contributed by atoms with Gasteiger partial charge in [-0.15, -0.1) is 0 Å². The third kappa shape index (κ3) is 3.95. The summed E-state index contributed by atoms with van der Waals surface area (Å²) in [6, 6.07) is 11.3. The van der Waals surface area contributed by atoms with Gasteiger partial charge >= 0.3 is 0 Å². The number of hydrogen-bond donors (Lipinski definition) is 2. The molecule has 0 unspecified atom stereocenters. The lowest BCUT2D eigenvalue weighted by Crippen LogP contribution is -2.39. The number of hydrogen-bond acceptors (Lipinski definition) is 3. The van der Waals surface area contributed by atoms with Crippen molar-refractivity contribution < 1.29 is 9.90 Å². The Labute approximate surface area is 131 Å². The minimum atomic E-state index is -0.313. The number of benzene rings is 1. The van der Waals surface area contributed by atoms with Gasteiger partial charge < -0.3 is 10.4 Å². The van der Waals surface area contributed by atoms with E-state index in [2.05, 4.69) is 10.4 Å². The predicted octanol–water partition coefficient (Wildman–Crippen LogP) is 1.88. The maximum Gasteiger partial charge on any atom is 0.269 e. The van der Waals surface area contributed by atoms with Crippen molar-refractivity contribution in [3.63, 3.8) is 0 Å². The van der Waals surface area contributed by atoms with Crippen LogP contribution in [0.3, 0.4) is 0 Å². The summed E-state index contributed by atoms with van der Waals surface area (Å²) in [6.07, 6.45) is 0.595. The number of nitrogens with one attached hydrogen (secondary N) is 1. The molecule has 2 N–H and O–H groups in total. The van der Waals surface area contributed by atoms with E-state index in [9.17, 15) is 9.90 Å². The number of carbonyl (C=O) groups is 1. The van der Waals surface area contributed by atoms with E-state index in [1.165, 1.54) is 0 Å². The zero-order valence-electron chi connectivity index (χ0n) is 13.3. The molecule has 5 nitrogen and oxygen atoms in total. The average Bonchev–Trinajstić information content (AvgIpc) is 2.90. The minimum absolute atomic E-state index is 0.102. The predicted molar refractivity (Wildman–Crippen MR) is 85.8 cm³/mol. The van der Waals surface area contributed by atoms with Crippen LogP contribution in [0, 0.1) is 0 Å². The second-order valence-electron chi connectivity index (χ2n) is 5.78. The molecule has 5 heteroatoms. The van der Waals surface area contributed by atoms with Crippen molar-refractivity contribution in [3.05, 3.63) is 53.3 Å². The third-order valence-electron chi connectivity index (χ3n) is 3.60. The van der Waals surface area contributed by atoms with Crippen molar-refractivity contribution in [2.75, 3.05) is 6.61 Å². The summed E-state index contributed by atoms with van der Waals surface area (Å²) in [5.74, 6) is 0.0580. The zero-order valence-corrected chi connectivity index (χ0v) is 13.3. The van der Waals surface area contributed by atoms with E-state index >= 15 is 0 Å². The molecule has 1 atom stereocenters. The summed E-state index contributed by atoms with van der Waals surface area (Å²) in [7, 11) is 1.76. The second-order valence-corrected chi connectivity index (χ2v) is 5.78. The lowest BCUT2D eigenvalue weighted by atomic mass is 10.1. The number of aromatic nitrogens is 2. The quantitative estimate of drug-likeness (QED) is 0.856. The lowest BCUT2D eigenvalue weighted by molar-refractivity contribution is 0.0907. The Kier molecular flexibility index (Phi) is 5.33. The maximum absolute atomic E-state index is 12.4. The summed E-state index contributed by atoms with van der Waals surface area (Å²) >= 11 is 0. The standard InChI is InChI=1S/C17H23N3O2/c1-12(2)15-10-16(20(3)19-15)17(22)18-14(11-21)9-13-7-5-4-6-8-13/h4-8,10,12,14,21H,9,11H2,1-3H3,(H,18,22)/t14-/m1/s1. The molecule has 2 aromatic rings. The molecule has 0 aliphatic rings. The molecule has 22 heavy (non-hydrogen) atoms. The van der Waals surface area contributed by atoms with Crippen molar-refractivity contribution in [2.45, 2.75) is 32.2 Å². The van der Waals surface area contributed by atoms with Crippen molar-refractivity contribution in [2.24, 2.45) is 7.05 Å². The molecule has 0 bridgehead atoms. The van der Waals surface area contributed by atoms with Crippen LogP contribution >= 0.6 is 0 Å². The molecular weight excluding hydrogens is 278 g/mol. The van der Waals surface area contributed by atoms with Gasteiger partial charge in [0.25, 0.3) is 5.91 Å². The first-order chi connectivity index (χ1) is 10.5. The summed E-state index contributed by atoms with van der Waals surface area (Å²) in [5, 5.41) is 16.7. The molecule has 0 fully saturated rings. The van der Waals surface area contributed by atoms with E-state index in [0.717, 1.165) is 11.3 Å². The Morgan fingerprint density at radius 3 is 2.55 bits per heavy atom. The molecule has 0 spiro atoms. The summed E-state index contributed by atoms with van der Waals surface area (Å²) in [6.45, 7) is 3.97. The Morgan fingerprint density at radius 2 is 2.00 bits per heavy atom. The first-order valence-corrected chi connectivity index (χ1v) is 7.50. The van der Waals surface area contributed by atoms with Gasteiger partial charge in [-0.25, -0.2) is 0 Å². The van der Waals surface area contributed by atoms with Crippen LogP contribution in [0.2, 0.25) is 0 Å². The molecule has 1 heterocycles. The zero-order chi connectivity index (χ0) is 16.1. The number of carbonyl (C=O) groups excluding carboxylic acids is 1. The van der Waals surface area contributed by atoms with Gasteiger partial charge in [-0.05, 0) is 24.0 Å². The molecule has 2 rings (SSSR count). The van der Waals surface area contributed by atoms with Crippen LogP contribution in [0.4, 0.5) is 0 Å². The number of rotatable bonds is 6. The van der Waals surface area contributed by atoms with Crippen molar-refractivity contribution >= 4 is 5.91 Å². The topological polar surface area (TPSA) is 67.2 Å². The Balaban J connectivity index is 2.06. The Hall–Kier alpha value is -2.14. The van der Waals surface area contributed by atoms with Crippen LogP contribution in [0.5, 0.6) is 0 Å². The Bertz CT molecular complexity index is 620. The molecule has 1 amide bonds.